The molecule has 0 amide bonds. The molecule has 0 saturated heterocycles. The van der Waals surface area contributed by atoms with Crippen LogP contribution in [0, 0.1) is 5.92 Å². The molecule has 0 radical (unpaired) electrons. The normalized spacial score (nSPS) is 24.3. The zero-order valence-corrected chi connectivity index (χ0v) is 11.4. The van der Waals surface area contributed by atoms with Gasteiger partial charge < -0.3 is 10.2 Å². The van der Waals surface area contributed by atoms with Crippen LogP contribution >= 0.6 is 0 Å². The minimum absolute atomic E-state index is 0.543. The molecule has 0 aromatic heterocycles. The van der Waals surface area contributed by atoms with Gasteiger partial charge in [-0.3, -0.25) is 0 Å². The Balaban J connectivity index is 1.80. The number of para-hydroxylation sites is 1. The number of benzene rings is 1. The summed E-state index contributed by atoms with van der Waals surface area (Å²) in [5.74, 6) is 0.934. The van der Waals surface area contributed by atoms with Crippen molar-refractivity contribution >= 4 is 5.69 Å². The maximum absolute atomic E-state index is 3.45. The van der Waals surface area contributed by atoms with Crippen LogP contribution in [0.1, 0.15) is 43.7 Å². The first-order chi connectivity index (χ1) is 8.88. The molecule has 2 aliphatic rings. The molecule has 1 fully saturated rings. The van der Waals surface area contributed by atoms with Crippen molar-refractivity contribution in [3.05, 3.63) is 29.8 Å². The third-order valence-electron chi connectivity index (χ3n) is 4.64. The molecule has 1 atom stereocenters. The average molecular weight is 244 g/mol. The van der Waals surface area contributed by atoms with Crippen molar-refractivity contribution in [2.45, 2.75) is 38.1 Å². The maximum atomic E-state index is 3.45. The Kier molecular flexibility index (Phi) is 3.55. The molecule has 2 nitrogen and oxygen atoms in total. The van der Waals surface area contributed by atoms with Crippen molar-refractivity contribution in [2.24, 2.45) is 5.92 Å². The lowest BCUT2D eigenvalue weighted by Gasteiger charge is -2.37. The fourth-order valence-corrected chi connectivity index (χ4v) is 3.63. The van der Waals surface area contributed by atoms with Crippen molar-refractivity contribution in [1.29, 1.82) is 0 Å². The summed E-state index contributed by atoms with van der Waals surface area (Å²) in [6, 6.07) is 9.48. The van der Waals surface area contributed by atoms with Crippen molar-refractivity contribution in [3.8, 4) is 0 Å². The molecule has 1 N–H and O–H groups in total. The van der Waals surface area contributed by atoms with Crippen LogP contribution in [0.4, 0.5) is 5.69 Å². The second kappa shape index (κ2) is 5.31. The number of rotatable bonds is 3. The van der Waals surface area contributed by atoms with Gasteiger partial charge in [0.1, 0.15) is 0 Å². The van der Waals surface area contributed by atoms with Crippen LogP contribution in [0.2, 0.25) is 0 Å². The summed E-state index contributed by atoms with van der Waals surface area (Å²) in [6.07, 6.45) is 7.00. The number of hydrogen-bond donors (Lipinski definition) is 1. The van der Waals surface area contributed by atoms with Gasteiger partial charge in [-0.15, -0.1) is 0 Å². The zero-order valence-electron chi connectivity index (χ0n) is 11.4. The first-order valence-electron chi connectivity index (χ1n) is 7.39. The van der Waals surface area contributed by atoms with Gasteiger partial charge in [-0.25, -0.2) is 0 Å². The Morgan fingerprint density at radius 2 is 1.94 bits per heavy atom. The summed E-state index contributed by atoms with van der Waals surface area (Å²) in [6.45, 7) is 2.48. The summed E-state index contributed by atoms with van der Waals surface area (Å²) in [5, 5.41) is 3.45. The lowest BCUT2D eigenvalue weighted by molar-refractivity contribution is 0.475. The second-order valence-corrected chi connectivity index (χ2v) is 5.79. The van der Waals surface area contributed by atoms with E-state index in [0.29, 0.717) is 6.04 Å². The van der Waals surface area contributed by atoms with Crippen LogP contribution in [0.25, 0.3) is 0 Å². The van der Waals surface area contributed by atoms with E-state index in [9.17, 15) is 0 Å². The molecule has 0 spiro atoms. The minimum Gasteiger partial charge on any atom is -0.371 e. The van der Waals surface area contributed by atoms with E-state index in [1.165, 1.54) is 56.4 Å². The van der Waals surface area contributed by atoms with Crippen molar-refractivity contribution in [1.82, 2.24) is 5.32 Å². The molecule has 1 heterocycles. The molecule has 2 heteroatoms. The Morgan fingerprint density at radius 1 is 1.17 bits per heavy atom. The van der Waals surface area contributed by atoms with Crippen molar-refractivity contribution in [2.75, 3.05) is 25.0 Å². The fraction of sp³-hybridized carbons (Fsp3) is 0.625. The molecule has 1 saturated carbocycles. The van der Waals surface area contributed by atoms with Crippen molar-refractivity contribution in [3.63, 3.8) is 0 Å². The van der Waals surface area contributed by atoms with E-state index >= 15 is 0 Å². The van der Waals surface area contributed by atoms with Gasteiger partial charge in [0, 0.05) is 24.8 Å². The van der Waals surface area contributed by atoms with Gasteiger partial charge in [-0.1, -0.05) is 31.0 Å². The third kappa shape index (κ3) is 2.26. The number of hydrogen-bond acceptors (Lipinski definition) is 2. The number of nitrogens with zero attached hydrogens (tertiary/aromatic N) is 1. The smallest absolute Gasteiger partial charge is 0.0414 e. The quantitative estimate of drug-likeness (QED) is 0.877. The zero-order chi connectivity index (χ0) is 12.4. The molecule has 1 aliphatic heterocycles. The second-order valence-electron chi connectivity index (χ2n) is 5.79. The van der Waals surface area contributed by atoms with E-state index < -0.39 is 0 Å². The van der Waals surface area contributed by atoms with Crippen molar-refractivity contribution < 1.29 is 0 Å². The average Bonchev–Trinajstić information content (AvgIpc) is 2.92. The first-order valence-corrected chi connectivity index (χ1v) is 7.39. The first kappa shape index (κ1) is 12.0. The van der Waals surface area contributed by atoms with Crippen LogP contribution in [-0.2, 0) is 0 Å². The standard InChI is InChI=1S/C16H24N2/c1-17-15-10-11-18(12-13-6-2-3-7-13)16-9-5-4-8-14(15)16/h4-5,8-9,13,15,17H,2-3,6-7,10-12H2,1H3. The van der Waals surface area contributed by atoms with Crippen LogP contribution in [0.3, 0.4) is 0 Å². The minimum atomic E-state index is 0.543. The molecule has 1 aromatic carbocycles. The van der Waals surface area contributed by atoms with E-state index in [1.54, 1.807) is 0 Å². The number of anilines is 1. The Bertz CT molecular complexity index is 396. The largest absolute Gasteiger partial charge is 0.371 e. The van der Waals surface area contributed by atoms with E-state index in [-0.39, 0.29) is 0 Å². The highest BCUT2D eigenvalue weighted by Gasteiger charge is 2.26. The van der Waals surface area contributed by atoms with Gasteiger partial charge in [0.15, 0.2) is 0 Å². The molecule has 3 rings (SSSR count). The molecule has 1 aliphatic carbocycles. The Morgan fingerprint density at radius 3 is 2.72 bits per heavy atom. The third-order valence-corrected chi connectivity index (χ3v) is 4.64. The lowest BCUT2D eigenvalue weighted by Crippen LogP contribution is -2.37. The highest BCUT2D eigenvalue weighted by atomic mass is 15.2. The molecule has 98 valence electrons. The molecule has 18 heavy (non-hydrogen) atoms. The van der Waals surface area contributed by atoms with Crippen LogP contribution in [0.15, 0.2) is 24.3 Å². The molecule has 1 unspecified atom stereocenters. The van der Waals surface area contributed by atoms with Gasteiger partial charge in [0.2, 0.25) is 0 Å². The predicted octanol–water partition coefficient (Wildman–Crippen LogP) is 3.35. The van der Waals surface area contributed by atoms with Gasteiger partial charge >= 0.3 is 0 Å². The van der Waals surface area contributed by atoms with E-state index in [0.717, 1.165) is 5.92 Å². The lowest BCUT2D eigenvalue weighted by atomic mass is 9.95. The summed E-state index contributed by atoms with van der Waals surface area (Å²) in [7, 11) is 2.08. The van der Waals surface area contributed by atoms with Crippen LogP contribution < -0.4 is 10.2 Å². The Hall–Kier alpha value is -1.02. The maximum Gasteiger partial charge on any atom is 0.0414 e. The fourth-order valence-electron chi connectivity index (χ4n) is 3.63. The van der Waals surface area contributed by atoms with E-state index in [1.807, 2.05) is 0 Å². The summed E-state index contributed by atoms with van der Waals surface area (Å²) >= 11 is 0. The highest BCUT2D eigenvalue weighted by molar-refractivity contribution is 5.57. The number of nitrogens with one attached hydrogen (secondary N) is 1. The number of fused-ring (bicyclic) bond motifs is 1. The summed E-state index contributed by atoms with van der Waals surface area (Å²) in [4.78, 5) is 2.62. The monoisotopic (exact) mass is 244 g/mol. The summed E-state index contributed by atoms with van der Waals surface area (Å²) in [5.41, 5.74) is 2.96. The van der Waals surface area contributed by atoms with Gasteiger partial charge in [-0.2, -0.15) is 0 Å². The van der Waals surface area contributed by atoms with Gasteiger partial charge in [0.05, 0.1) is 0 Å². The Labute approximate surface area is 110 Å². The van der Waals surface area contributed by atoms with Gasteiger partial charge in [-0.05, 0) is 43.9 Å². The molecular formula is C16H24N2. The molecular weight excluding hydrogens is 220 g/mol. The highest BCUT2D eigenvalue weighted by Crippen LogP contribution is 2.35. The SMILES string of the molecule is CNC1CCN(CC2CCCC2)c2ccccc21. The molecule has 1 aromatic rings. The van der Waals surface area contributed by atoms with Crippen LogP contribution in [0.5, 0.6) is 0 Å². The van der Waals surface area contributed by atoms with E-state index in [2.05, 4.69) is 41.5 Å². The molecule has 0 bridgehead atoms. The van der Waals surface area contributed by atoms with Gasteiger partial charge in [0.25, 0.3) is 0 Å². The summed E-state index contributed by atoms with van der Waals surface area (Å²) < 4.78 is 0. The van der Waals surface area contributed by atoms with E-state index in [4.69, 9.17) is 0 Å². The topological polar surface area (TPSA) is 15.3 Å². The van der Waals surface area contributed by atoms with Crippen LogP contribution in [-0.4, -0.2) is 20.1 Å². The predicted molar refractivity (Wildman–Crippen MR) is 77.0 cm³/mol.